The maximum atomic E-state index is 12.8. The quantitative estimate of drug-likeness (QED) is 0.732. The summed E-state index contributed by atoms with van der Waals surface area (Å²) in [7, 11) is 0. The Morgan fingerprint density at radius 1 is 1.53 bits per heavy atom. The highest BCUT2D eigenvalue weighted by atomic mass is 19.3. The van der Waals surface area contributed by atoms with Crippen LogP contribution in [0.1, 0.15) is 29.5 Å². The molecular formula is C9H8F3NO2. The van der Waals surface area contributed by atoms with Crippen molar-refractivity contribution in [1.29, 1.82) is 0 Å². The van der Waals surface area contributed by atoms with Crippen LogP contribution >= 0.6 is 0 Å². The molecule has 0 fully saturated rings. The molecule has 1 heterocycles. The fraction of sp³-hybridized carbons (Fsp3) is 0.333. The number of nitrogens with zero attached hydrogens (tertiary/aromatic N) is 1. The van der Waals surface area contributed by atoms with E-state index in [-0.39, 0.29) is 12.3 Å². The molecule has 1 aromatic rings. The topological polar surface area (TPSA) is 39.2 Å². The summed E-state index contributed by atoms with van der Waals surface area (Å²) in [5, 5.41) is 0. The van der Waals surface area contributed by atoms with Gasteiger partial charge in [0.15, 0.2) is 5.82 Å². The smallest absolute Gasteiger partial charge is 0.356 e. The van der Waals surface area contributed by atoms with Crippen LogP contribution in [0.2, 0.25) is 0 Å². The van der Waals surface area contributed by atoms with Crippen molar-refractivity contribution in [3.63, 3.8) is 0 Å². The number of rotatable bonds is 3. The number of carbonyl (C=O) groups excluding carboxylic acids is 1. The second kappa shape index (κ2) is 4.77. The Bertz CT molecular complexity index is 368. The molecule has 0 bridgehead atoms. The molecule has 1 aromatic heterocycles. The number of hydrogen-bond donors (Lipinski definition) is 0. The number of esters is 1. The zero-order valence-corrected chi connectivity index (χ0v) is 7.84. The number of ether oxygens (including phenoxy) is 1. The SMILES string of the molecule is CCOC(=O)c1ccc(F)c(C(F)F)n1. The van der Waals surface area contributed by atoms with E-state index in [1.54, 1.807) is 6.92 Å². The number of carbonyl (C=O) groups is 1. The summed E-state index contributed by atoms with van der Waals surface area (Å²) in [5.41, 5.74) is -1.37. The van der Waals surface area contributed by atoms with Crippen LogP contribution in [0.5, 0.6) is 0 Å². The minimum absolute atomic E-state index is 0.0991. The molecule has 0 amide bonds. The number of aromatic nitrogens is 1. The maximum Gasteiger partial charge on any atom is 0.356 e. The van der Waals surface area contributed by atoms with Gasteiger partial charge >= 0.3 is 5.97 Å². The number of halogens is 3. The molecule has 0 saturated heterocycles. The molecule has 3 nitrogen and oxygen atoms in total. The number of pyridine rings is 1. The lowest BCUT2D eigenvalue weighted by atomic mass is 10.3. The fourth-order valence-electron chi connectivity index (χ4n) is 0.930. The number of alkyl halides is 2. The molecule has 15 heavy (non-hydrogen) atoms. The lowest BCUT2D eigenvalue weighted by Gasteiger charge is -2.04. The summed E-state index contributed by atoms with van der Waals surface area (Å²) in [4.78, 5) is 14.3. The van der Waals surface area contributed by atoms with Crippen molar-refractivity contribution in [2.24, 2.45) is 0 Å². The highest BCUT2D eigenvalue weighted by Gasteiger charge is 2.18. The molecule has 0 aliphatic heterocycles. The van der Waals surface area contributed by atoms with E-state index < -0.39 is 23.9 Å². The van der Waals surface area contributed by atoms with E-state index in [1.165, 1.54) is 0 Å². The van der Waals surface area contributed by atoms with E-state index in [9.17, 15) is 18.0 Å². The van der Waals surface area contributed by atoms with Gasteiger partial charge in [0.1, 0.15) is 11.4 Å². The van der Waals surface area contributed by atoms with Crippen LogP contribution in [0.15, 0.2) is 12.1 Å². The third-order valence-electron chi connectivity index (χ3n) is 1.56. The van der Waals surface area contributed by atoms with Gasteiger partial charge in [0.05, 0.1) is 6.61 Å². The maximum absolute atomic E-state index is 12.8. The lowest BCUT2D eigenvalue weighted by molar-refractivity contribution is 0.0517. The zero-order chi connectivity index (χ0) is 11.4. The molecule has 0 atom stereocenters. The molecule has 0 spiro atoms. The molecule has 0 N–H and O–H groups in total. The second-order valence-electron chi connectivity index (χ2n) is 2.58. The summed E-state index contributed by atoms with van der Waals surface area (Å²) in [6, 6.07) is 1.76. The summed E-state index contributed by atoms with van der Waals surface area (Å²) >= 11 is 0. The van der Waals surface area contributed by atoms with Crippen molar-refractivity contribution in [2.75, 3.05) is 6.61 Å². The van der Waals surface area contributed by atoms with Crippen LogP contribution in [0, 0.1) is 5.82 Å². The van der Waals surface area contributed by atoms with Crippen LogP contribution in [-0.4, -0.2) is 17.6 Å². The standard InChI is InChI=1S/C9H8F3NO2/c1-2-15-9(14)6-4-3-5(10)7(13-6)8(11)12/h3-4,8H,2H2,1H3. The second-order valence-corrected chi connectivity index (χ2v) is 2.58. The van der Waals surface area contributed by atoms with Crippen molar-refractivity contribution in [3.05, 3.63) is 29.3 Å². The Labute approximate surface area is 83.9 Å². The Hall–Kier alpha value is -1.59. The van der Waals surface area contributed by atoms with Crippen LogP contribution in [0.25, 0.3) is 0 Å². The van der Waals surface area contributed by atoms with E-state index in [4.69, 9.17) is 0 Å². The Balaban J connectivity index is 3.02. The predicted molar refractivity (Wildman–Crippen MR) is 45.1 cm³/mol. The summed E-state index contributed by atoms with van der Waals surface area (Å²) in [6.45, 7) is 1.66. The first-order chi connectivity index (χ1) is 7.06. The van der Waals surface area contributed by atoms with E-state index in [0.717, 1.165) is 12.1 Å². The molecular weight excluding hydrogens is 211 g/mol. The van der Waals surface area contributed by atoms with Gasteiger partial charge in [-0.1, -0.05) is 0 Å². The predicted octanol–water partition coefficient (Wildman–Crippen LogP) is 2.33. The van der Waals surface area contributed by atoms with E-state index in [0.29, 0.717) is 0 Å². The molecule has 0 aliphatic carbocycles. The van der Waals surface area contributed by atoms with Crippen molar-refractivity contribution < 1.29 is 22.7 Å². The molecule has 0 aromatic carbocycles. The molecule has 0 unspecified atom stereocenters. The average Bonchev–Trinajstić information content (AvgIpc) is 2.18. The molecule has 0 radical (unpaired) electrons. The van der Waals surface area contributed by atoms with Crippen LogP contribution < -0.4 is 0 Å². The minimum atomic E-state index is -3.06. The first kappa shape index (κ1) is 11.5. The van der Waals surface area contributed by atoms with Gasteiger partial charge < -0.3 is 4.74 Å². The zero-order valence-electron chi connectivity index (χ0n) is 7.84. The van der Waals surface area contributed by atoms with Gasteiger partial charge in [-0.05, 0) is 19.1 Å². The van der Waals surface area contributed by atoms with Crippen molar-refractivity contribution >= 4 is 5.97 Å². The summed E-state index contributed by atoms with van der Waals surface area (Å²) < 4.78 is 41.7. The van der Waals surface area contributed by atoms with Gasteiger partial charge in [-0.25, -0.2) is 22.9 Å². The van der Waals surface area contributed by atoms with E-state index in [1.807, 2.05) is 0 Å². The van der Waals surface area contributed by atoms with Crippen molar-refractivity contribution in [3.8, 4) is 0 Å². The first-order valence-corrected chi connectivity index (χ1v) is 4.18. The fourth-order valence-corrected chi connectivity index (χ4v) is 0.930. The molecule has 82 valence electrons. The van der Waals surface area contributed by atoms with Crippen LogP contribution in [-0.2, 0) is 4.74 Å². The third-order valence-corrected chi connectivity index (χ3v) is 1.56. The van der Waals surface area contributed by atoms with Gasteiger partial charge in [-0.15, -0.1) is 0 Å². The highest BCUT2D eigenvalue weighted by molar-refractivity contribution is 5.87. The third kappa shape index (κ3) is 2.68. The monoisotopic (exact) mass is 219 g/mol. The Morgan fingerprint density at radius 3 is 2.73 bits per heavy atom. The highest BCUT2D eigenvalue weighted by Crippen LogP contribution is 2.20. The number of hydrogen-bond acceptors (Lipinski definition) is 3. The summed E-state index contributed by atoms with van der Waals surface area (Å²) in [5.74, 6) is -1.99. The first-order valence-electron chi connectivity index (χ1n) is 4.18. The van der Waals surface area contributed by atoms with Crippen molar-refractivity contribution in [1.82, 2.24) is 4.98 Å². The molecule has 1 rings (SSSR count). The molecule has 0 aliphatic rings. The van der Waals surface area contributed by atoms with Gasteiger partial charge in [0, 0.05) is 0 Å². The normalized spacial score (nSPS) is 10.5. The Morgan fingerprint density at radius 2 is 2.20 bits per heavy atom. The lowest BCUT2D eigenvalue weighted by Crippen LogP contribution is -2.09. The van der Waals surface area contributed by atoms with Crippen molar-refractivity contribution in [2.45, 2.75) is 13.3 Å². The summed E-state index contributed by atoms with van der Waals surface area (Å²) in [6.07, 6.45) is -3.06. The van der Waals surface area contributed by atoms with Gasteiger partial charge in [0.25, 0.3) is 6.43 Å². The minimum Gasteiger partial charge on any atom is -0.461 e. The van der Waals surface area contributed by atoms with Gasteiger partial charge in [0.2, 0.25) is 0 Å². The van der Waals surface area contributed by atoms with Crippen LogP contribution in [0.3, 0.4) is 0 Å². The van der Waals surface area contributed by atoms with Gasteiger partial charge in [-0.2, -0.15) is 0 Å². The van der Waals surface area contributed by atoms with E-state index >= 15 is 0 Å². The molecule has 6 heteroatoms. The van der Waals surface area contributed by atoms with Crippen LogP contribution in [0.4, 0.5) is 13.2 Å². The largest absolute Gasteiger partial charge is 0.461 e. The molecule has 0 saturated carbocycles. The van der Waals surface area contributed by atoms with E-state index in [2.05, 4.69) is 9.72 Å². The average molecular weight is 219 g/mol. The Kier molecular flexibility index (Phi) is 3.65. The van der Waals surface area contributed by atoms with Gasteiger partial charge in [-0.3, -0.25) is 0 Å².